The maximum Gasteiger partial charge on any atom is 0.118 e. The fraction of sp³-hybridized carbons (Fsp3) is 0.941. The predicted octanol–water partition coefficient (Wildman–Crippen LogP) is 5.59. The lowest BCUT2D eigenvalue weighted by molar-refractivity contribution is -0.209. The van der Waals surface area contributed by atoms with E-state index < -0.39 is 37.2 Å². The van der Waals surface area contributed by atoms with Crippen molar-refractivity contribution in [2.24, 2.45) is 51.2 Å². The Hall–Kier alpha value is -0.530. The SMILES string of the molecule is CC1C(O)CCC2(C)C1CCC1(C)C3CCC4(C(O)C5OC(CF)C6OC6C5O)CCC(C)(C)CC4C3=CCC12. The number of hydrogen-bond acceptors (Lipinski definition) is 5. The standard InChI is InChI=1S/C34H53FO5/c1-18-20-8-11-33(5)21-9-13-34(30(38)29-26(37)28-27(40-28)24(17-35)39-29)15-14-31(2,3)16-22(34)19(21)6-7-25(33)32(20,4)12-10-23(18)36/h6,18,20-30,36-38H,7-17H2,1-5H3. The highest BCUT2D eigenvalue weighted by molar-refractivity contribution is 5.30. The highest BCUT2D eigenvalue weighted by atomic mass is 19.1. The largest absolute Gasteiger partial charge is 0.393 e. The molecule has 5 aliphatic carbocycles. The van der Waals surface area contributed by atoms with E-state index in [9.17, 15) is 19.7 Å². The minimum atomic E-state index is -0.911. The summed E-state index contributed by atoms with van der Waals surface area (Å²) >= 11 is 0. The maximum atomic E-state index is 13.8. The Morgan fingerprint density at radius 2 is 1.68 bits per heavy atom. The topological polar surface area (TPSA) is 82.5 Å². The van der Waals surface area contributed by atoms with Crippen LogP contribution in [0.2, 0.25) is 0 Å². The van der Waals surface area contributed by atoms with Crippen LogP contribution in [0.15, 0.2) is 11.6 Å². The summed E-state index contributed by atoms with van der Waals surface area (Å²) < 4.78 is 25.5. The third-order valence-electron chi connectivity index (χ3n) is 14.4. The lowest BCUT2D eigenvalue weighted by atomic mass is 9.38. The Kier molecular flexibility index (Phi) is 6.52. The van der Waals surface area contributed by atoms with Gasteiger partial charge in [0.15, 0.2) is 0 Å². The smallest absolute Gasteiger partial charge is 0.118 e. The average Bonchev–Trinajstić information content (AvgIpc) is 3.72. The van der Waals surface area contributed by atoms with Gasteiger partial charge in [0.05, 0.1) is 12.2 Å². The van der Waals surface area contributed by atoms with E-state index in [0.29, 0.717) is 23.7 Å². The van der Waals surface area contributed by atoms with Crippen LogP contribution in [0, 0.1) is 51.2 Å². The molecule has 40 heavy (non-hydrogen) atoms. The summed E-state index contributed by atoms with van der Waals surface area (Å²) in [5.74, 6) is 2.33. The van der Waals surface area contributed by atoms with Gasteiger partial charge in [0.1, 0.15) is 37.2 Å². The van der Waals surface area contributed by atoms with Gasteiger partial charge in [-0.1, -0.05) is 46.3 Å². The van der Waals surface area contributed by atoms with Crippen LogP contribution in [0.25, 0.3) is 0 Å². The molecule has 0 aromatic carbocycles. The molecule has 226 valence electrons. The first kappa shape index (κ1) is 28.3. The molecule has 3 N–H and O–H groups in total. The van der Waals surface area contributed by atoms with E-state index in [1.54, 1.807) is 5.57 Å². The van der Waals surface area contributed by atoms with E-state index in [1.165, 1.54) is 12.8 Å². The molecular weight excluding hydrogens is 507 g/mol. The van der Waals surface area contributed by atoms with Crippen molar-refractivity contribution in [1.29, 1.82) is 0 Å². The second-order valence-corrected chi connectivity index (χ2v) is 16.7. The Labute approximate surface area is 240 Å². The molecule has 2 heterocycles. The highest BCUT2D eigenvalue weighted by Gasteiger charge is 2.66. The van der Waals surface area contributed by atoms with Crippen molar-refractivity contribution in [3.63, 3.8) is 0 Å². The molecule has 0 amide bonds. The fourth-order valence-corrected chi connectivity index (χ4v) is 12.0. The summed E-state index contributed by atoms with van der Waals surface area (Å²) in [6.07, 6.45) is 8.90. The van der Waals surface area contributed by atoms with Gasteiger partial charge in [-0.15, -0.1) is 0 Å². The van der Waals surface area contributed by atoms with E-state index in [0.717, 1.165) is 51.4 Å². The number of rotatable bonds is 3. The van der Waals surface area contributed by atoms with Gasteiger partial charge in [-0.25, -0.2) is 4.39 Å². The predicted molar refractivity (Wildman–Crippen MR) is 151 cm³/mol. The van der Waals surface area contributed by atoms with Gasteiger partial charge in [-0.05, 0) is 110 Å². The first-order valence-corrected chi connectivity index (χ1v) is 16.5. The quantitative estimate of drug-likeness (QED) is 0.310. The third-order valence-corrected chi connectivity index (χ3v) is 14.4. The molecule has 2 saturated heterocycles. The molecule has 2 aliphatic heterocycles. The van der Waals surface area contributed by atoms with Gasteiger partial charge in [0.25, 0.3) is 0 Å². The summed E-state index contributed by atoms with van der Waals surface area (Å²) in [6, 6.07) is 0. The van der Waals surface area contributed by atoms with Crippen molar-refractivity contribution in [2.45, 2.75) is 142 Å². The minimum absolute atomic E-state index is 0.163. The molecule has 0 aromatic rings. The van der Waals surface area contributed by atoms with Crippen LogP contribution in [0.4, 0.5) is 4.39 Å². The molecular formula is C34H53FO5. The normalized spacial score (nSPS) is 57.3. The number of alkyl halides is 1. The van der Waals surface area contributed by atoms with Crippen LogP contribution < -0.4 is 0 Å². The van der Waals surface area contributed by atoms with Crippen molar-refractivity contribution in [3.8, 4) is 0 Å². The molecule has 15 atom stereocenters. The average molecular weight is 561 g/mol. The Morgan fingerprint density at radius 1 is 0.925 bits per heavy atom. The number of epoxide rings is 1. The maximum absolute atomic E-state index is 13.8. The van der Waals surface area contributed by atoms with Crippen molar-refractivity contribution < 1.29 is 29.2 Å². The zero-order valence-corrected chi connectivity index (χ0v) is 25.3. The van der Waals surface area contributed by atoms with Gasteiger partial charge in [0.2, 0.25) is 0 Å². The van der Waals surface area contributed by atoms with Gasteiger partial charge < -0.3 is 24.8 Å². The second kappa shape index (κ2) is 9.24. The molecule has 7 aliphatic rings. The molecule has 6 heteroatoms. The Morgan fingerprint density at radius 3 is 2.42 bits per heavy atom. The lowest BCUT2D eigenvalue weighted by Crippen LogP contribution is -2.63. The minimum Gasteiger partial charge on any atom is -0.393 e. The van der Waals surface area contributed by atoms with E-state index >= 15 is 0 Å². The summed E-state index contributed by atoms with van der Waals surface area (Å²) in [5, 5.41) is 34.0. The van der Waals surface area contributed by atoms with Crippen molar-refractivity contribution in [3.05, 3.63) is 11.6 Å². The zero-order valence-electron chi connectivity index (χ0n) is 25.3. The van der Waals surface area contributed by atoms with Crippen LogP contribution in [-0.2, 0) is 9.47 Å². The van der Waals surface area contributed by atoms with E-state index in [1.807, 2.05) is 0 Å². The van der Waals surface area contributed by atoms with Gasteiger partial charge in [-0.2, -0.15) is 0 Å². The van der Waals surface area contributed by atoms with Crippen LogP contribution in [0.5, 0.6) is 0 Å². The van der Waals surface area contributed by atoms with E-state index in [-0.39, 0.29) is 39.8 Å². The molecule has 0 radical (unpaired) electrons. The highest BCUT2D eigenvalue weighted by Crippen LogP contribution is 2.71. The number of allylic oxidation sites excluding steroid dienone is 2. The van der Waals surface area contributed by atoms with Crippen LogP contribution in [0.1, 0.15) is 98.8 Å². The molecule has 0 spiro atoms. The lowest BCUT2D eigenvalue weighted by Gasteiger charge is -2.67. The van der Waals surface area contributed by atoms with Crippen molar-refractivity contribution in [1.82, 2.24) is 0 Å². The molecule has 0 bridgehead atoms. The molecule has 0 aromatic heterocycles. The van der Waals surface area contributed by atoms with Gasteiger partial charge in [-0.3, -0.25) is 0 Å². The van der Waals surface area contributed by atoms with Gasteiger partial charge in [0, 0.05) is 5.41 Å². The molecule has 5 nitrogen and oxygen atoms in total. The number of aliphatic hydroxyl groups is 3. The number of halogens is 1. The Bertz CT molecular complexity index is 1050. The third kappa shape index (κ3) is 3.80. The summed E-state index contributed by atoms with van der Waals surface area (Å²) in [7, 11) is 0. The molecule has 15 unspecified atom stereocenters. The van der Waals surface area contributed by atoms with Crippen LogP contribution >= 0.6 is 0 Å². The monoisotopic (exact) mass is 560 g/mol. The Balaban J connectivity index is 1.24. The summed E-state index contributed by atoms with van der Waals surface area (Å²) in [6.45, 7) is 11.5. The second-order valence-electron chi connectivity index (χ2n) is 16.7. The number of aliphatic hydroxyl groups excluding tert-OH is 3. The van der Waals surface area contributed by atoms with Crippen molar-refractivity contribution >= 4 is 0 Å². The summed E-state index contributed by atoms with van der Waals surface area (Å²) in [5.41, 5.74) is 1.88. The van der Waals surface area contributed by atoms with Crippen LogP contribution in [-0.4, -0.2) is 64.7 Å². The van der Waals surface area contributed by atoms with E-state index in [4.69, 9.17) is 9.47 Å². The first-order chi connectivity index (χ1) is 18.9. The summed E-state index contributed by atoms with van der Waals surface area (Å²) in [4.78, 5) is 0. The van der Waals surface area contributed by atoms with Gasteiger partial charge >= 0.3 is 0 Å². The zero-order chi connectivity index (χ0) is 28.4. The van der Waals surface area contributed by atoms with E-state index in [2.05, 4.69) is 40.7 Å². The molecule has 6 fully saturated rings. The first-order valence-electron chi connectivity index (χ1n) is 16.5. The van der Waals surface area contributed by atoms with Crippen LogP contribution in [0.3, 0.4) is 0 Å². The number of fused-ring (bicyclic) bond motifs is 8. The molecule has 7 rings (SSSR count). The number of ether oxygens (including phenoxy) is 2. The molecule has 4 saturated carbocycles. The fourth-order valence-electron chi connectivity index (χ4n) is 12.0. The number of hydrogen-bond donors (Lipinski definition) is 3. The van der Waals surface area contributed by atoms with Crippen molar-refractivity contribution in [2.75, 3.05) is 6.67 Å².